The summed E-state index contributed by atoms with van der Waals surface area (Å²) in [4.78, 5) is 12.5. The molecule has 0 heterocycles. The monoisotopic (exact) mass is 378 g/mol. The highest BCUT2D eigenvalue weighted by molar-refractivity contribution is 6.05. The summed E-state index contributed by atoms with van der Waals surface area (Å²) in [7, 11) is 4.71. The topological polar surface area (TPSA) is 82.8 Å². The zero-order valence-corrected chi connectivity index (χ0v) is 16.0. The van der Waals surface area contributed by atoms with Gasteiger partial charge in [0.25, 0.3) is 5.91 Å². The quantitative estimate of drug-likeness (QED) is 0.628. The fourth-order valence-corrected chi connectivity index (χ4v) is 2.87. The molecule has 1 amide bonds. The van der Waals surface area contributed by atoms with Crippen LogP contribution in [0.25, 0.3) is 11.1 Å². The predicted molar refractivity (Wildman–Crippen MR) is 110 cm³/mol. The third-order valence-corrected chi connectivity index (χ3v) is 4.35. The number of hydrogen-bond acceptors (Lipinski definition) is 5. The molecule has 0 aliphatic heterocycles. The van der Waals surface area contributed by atoms with Crippen molar-refractivity contribution in [3.8, 4) is 28.4 Å². The summed E-state index contributed by atoms with van der Waals surface area (Å²) < 4.78 is 16.2. The van der Waals surface area contributed by atoms with Crippen molar-refractivity contribution in [1.82, 2.24) is 0 Å². The minimum Gasteiger partial charge on any atom is -0.493 e. The molecule has 0 saturated heterocycles. The van der Waals surface area contributed by atoms with E-state index in [4.69, 9.17) is 19.9 Å². The average Bonchev–Trinajstić information content (AvgIpc) is 2.74. The summed E-state index contributed by atoms with van der Waals surface area (Å²) >= 11 is 0. The molecule has 3 N–H and O–H groups in total. The van der Waals surface area contributed by atoms with Crippen molar-refractivity contribution in [3.63, 3.8) is 0 Å². The Bertz CT molecular complexity index is 959. The van der Waals surface area contributed by atoms with Crippen LogP contribution < -0.4 is 25.3 Å². The van der Waals surface area contributed by atoms with Gasteiger partial charge in [0.05, 0.1) is 32.7 Å². The predicted octanol–water partition coefficient (Wildman–Crippen LogP) is 4.21. The molecule has 0 aliphatic carbocycles. The Morgan fingerprint density at radius 2 is 1.43 bits per heavy atom. The molecule has 28 heavy (non-hydrogen) atoms. The largest absolute Gasteiger partial charge is 0.493 e. The second kappa shape index (κ2) is 8.35. The lowest BCUT2D eigenvalue weighted by atomic mass is 10.0. The summed E-state index contributed by atoms with van der Waals surface area (Å²) in [6.45, 7) is 0. The van der Waals surface area contributed by atoms with E-state index < -0.39 is 0 Å². The second-order valence-electron chi connectivity index (χ2n) is 6.03. The Morgan fingerprint density at radius 3 is 1.96 bits per heavy atom. The smallest absolute Gasteiger partial charge is 0.255 e. The van der Waals surface area contributed by atoms with Gasteiger partial charge >= 0.3 is 0 Å². The van der Waals surface area contributed by atoms with Crippen LogP contribution in [0, 0.1) is 0 Å². The summed E-state index contributed by atoms with van der Waals surface area (Å²) in [6, 6.07) is 18.1. The van der Waals surface area contributed by atoms with Gasteiger partial charge in [-0.05, 0) is 47.5 Å². The SMILES string of the molecule is COc1cc(-c2ccc(C(=O)Nc3ccccc3N)cc2)cc(OC)c1OC. The number of amides is 1. The van der Waals surface area contributed by atoms with Crippen molar-refractivity contribution >= 4 is 17.3 Å². The molecule has 0 aliphatic rings. The number of nitrogens with two attached hydrogens (primary N) is 1. The van der Waals surface area contributed by atoms with Gasteiger partial charge in [0, 0.05) is 5.56 Å². The number of anilines is 2. The van der Waals surface area contributed by atoms with Crippen LogP contribution in [0.3, 0.4) is 0 Å². The molecular formula is C22H22N2O4. The molecule has 6 heteroatoms. The fraction of sp³-hybridized carbons (Fsp3) is 0.136. The number of carbonyl (C=O) groups is 1. The first kappa shape index (κ1) is 19.1. The number of carbonyl (C=O) groups excluding carboxylic acids is 1. The molecule has 0 fully saturated rings. The van der Waals surface area contributed by atoms with Gasteiger partial charge in [0.2, 0.25) is 5.75 Å². The number of benzene rings is 3. The second-order valence-corrected chi connectivity index (χ2v) is 6.03. The van der Waals surface area contributed by atoms with Crippen molar-refractivity contribution in [2.75, 3.05) is 32.4 Å². The van der Waals surface area contributed by atoms with Crippen LogP contribution in [0.4, 0.5) is 11.4 Å². The normalized spacial score (nSPS) is 10.2. The Hall–Kier alpha value is -3.67. The van der Waals surface area contributed by atoms with E-state index in [1.807, 2.05) is 36.4 Å². The lowest BCUT2D eigenvalue weighted by Gasteiger charge is -2.14. The molecule has 0 saturated carbocycles. The molecular weight excluding hydrogens is 356 g/mol. The van der Waals surface area contributed by atoms with Crippen molar-refractivity contribution in [2.24, 2.45) is 0 Å². The van der Waals surface area contributed by atoms with E-state index in [1.54, 1.807) is 45.6 Å². The molecule has 3 aromatic carbocycles. The third-order valence-electron chi connectivity index (χ3n) is 4.35. The molecule has 0 radical (unpaired) electrons. The number of hydrogen-bond donors (Lipinski definition) is 2. The highest BCUT2D eigenvalue weighted by Gasteiger charge is 2.14. The van der Waals surface area contributed by atoms with Crippen LogP contribution in [-0.2, 0) is 0 Å². The molecule has 144 valence electrons. The first-order chi connectivity index (χ1) is 13.6. The van der Waals surface area contributed by atoms with Crippen LogP contribution >= 0.6 is 0 Å². The minimum atomic E-state index is -0.227. The van der Waals surface area contributed by atoms with Crippen molar-refractivity contribution in [1.29, 1.82) is 0 Å². The van der Waals surface area contributed by atoms with E-state index in [0.717, 1.165) is 11.1 Å². The van der Waals surface area contributed by atoms with Gasteiger partial charge in [-0.1, -0.05) is 24.3 Å². The van der Waals surface area contributed by atoms with Crippen LogP contribution in [0.2, 0.25) is 0 Å². The number of methoxy groups -OCH3 is 3. The number of nitrogens with one attached hydrogen (secondary N) is 1. The van der Waals surface area contributed by atoms with E-state index >= 15 is 0 Å². The first-order valence-corrected chi connectivity index (χ1v) is 8.63. The summed E-state index contributed by atoms with van der Waals surface area (Å²) in [5, 5.41) is 2.82. The molecule has 0 spiro atoms. The van der Waals surface area contributed by atoms with Crippen LogP contribution in [-0.4, -0.2) is 27.2 Å². The number of nitrogen functional groups attached to an aromatic ring is 1. The Labute approximate surface area is 163 Å². The zero-order chi connectivity index (χ0) is 20.1. The van der Waals surface area contributed by atoms with Gasteiger partial charge in [-0.3, -0.25) is 4.79 Å². The molecule has 0 atom stereocenters. The lowest BCUT2D eigenvalue weighted by molar-refractivity contribution is 0.102. The molecule has 3 rings (SSSR count). The van der Waals surface area contributed by atoms with Gasteiger partial charge in [-0.25, -0.2) is 0 Å². The lowest BCUT2D eigenvalue weighted by Crippen LogP contribution is -2.12. The molecule has 3 aromatic rings. The van der Waals surface area contributed by atoms with Gasteiger partial charge < -0.3 is 25.3 Å². The maximum atomic E-state index is 12.5. The third kappa shape index (κ3) is 3.86. The van der Waals surface area contributed by atoms with Crippen molar-refractivity contribution < 1.29 is 19.0 Å². The summed E-state index contributed by atoms with van der Waals surface area (Å²) in [5.74, 6) is 1.44. The fourth-order valence-electron chi connectivity index (χ4n) is 2.87. The standard InChI is InChI=1S/C22H22N2O4/c1-26-19-12-16(13-20(27-2)21(19)28-3)14-8-10-15(11-9-14)22(25)24-18-7-5-4-6-17(18)23/h4-13H,23H2,1-3H3,(H,24,25). The van der Waals surface area contributed by atoms with Crippen LogP contribution in [0.5, 0.6) is 17.2 Å². The molecule has 0 bridgehead atoms. The van der Waals surface area contributed by atoms with Crippen LogP contribution in [0.15, 0.2) is 60.7 Å². The zero-order valence-electron chi connectivity index (χ0n) is 16.0. The Balaban J connectivity index is 1.86. The molecule has 0 unspecified atom stereocenters. The van der Waals surface area contributed by atoms with Gasteiger partial charge in [-0.2, -0.15) is 0 Å². The number of para-hydroxylation sites is 2. The van der Waals surface area contributed by atoms with E-state index in [1.165, 1.54) is 0 Å². The Kier molecular flexibility index (Phi) is 5.69. The van der Waals surface area contributed by atoms with E-state index in [2.05, 4.69) is 5.32 Å². The maximum Gasteiger partial charge on any atom is 0.255 e. The molecule has 6 nitrogen and oxygen atoms in total. The van der Waals surface area contributed by atoms with Gasteiger partial charge in [0.15, 0.2) is 11.5 Å². The minimum absolute atomic E-state index is 0.227. The van der Waals surface area contributed by atoms with Gasteiger partial charge in [-0.15, -0.1) is 0 Å². The number of ether oxygens (including phenoxy) is 3. The van der Waals surface area contributed by atoms with Crippen LogP contribution in [0.1, 0.15) is 10.4 Å². The maximum absolute atomic E-state index is 12.5. The highest BCUT2D eigenvalue weighted by Crippen LogP contribution is 2.41. The van der Waals surface area contributed by atoms with Crippen molar-refractivity contribution in [3.05, 3.63) is 66.2 Å². The summed E-state index contributed by atoms with van der Waals surface area (Å²) in [5.41, 5.74) is 9.30. The summed E-state index contributed by atoms with van der Waals surface area (Å²) in [6.07, 6.45) is 0. The first-order valence-electron chi connectivity index (χ1n) is 8.63. The van der Waals surface area contributed by atoms with E-state index in [0.29, 0.717) is 34.2 Å². The molecule has 0 aromatic heterocycles. The van der Waals surface area contributed by atoms with Gasteiger partial charge in [0.1, 0.15) is 0 Å². The highest BCUT2D eigenvalue weighted by atomic mass is 16.5. The Morgan fingerprint density at radius 1 is 0.821 bits per heavy atom. The van der Waals surface area contributed by atoms with E-state index in [9.17, 15) is 4.79 Å². The van der Waals surface area contributed by atoms with E-state index in [-0.39, 0.29) is 5.91 Å². The average molecular weight is 378 g/mol. The van der Waals surface area contributed by atoms with Crippen molar-refractivity contribution in [2.45, 2.75) is 0 Å². The number of rotatable bonds is 6.